The van der Waals surface area contributed by atoms with Crippen molar-refractivity contribution in [1.29, 1.82) is 0 Å². The van der Waals surface area contributed by atoms with Gasteiger partial charge in [0, 0.05) is 5.69 Å². The molecule has 0 bridgehead atoms. The summed E-state index contributed by atoms with van der Waals surface area (Å²) in [5, 5.41) is 2.81. The van der Waals surface area contributed by atoms with Crippen molar-refractivity contribution in [1.82, 2.24) is 4.98 Å². The van der Waals surface area contributed by atoms with Gasteiger partial charge in [0.2, 0.25) is 5.76 Å². The van der Waals surface area contributed by atoms with Gasteiger partial charge in [-0.3, -0.25) is 4.79 Å². The zero-order valence-corrected chi connectivity index (χ0v) is 12.4. The van der Waals surface area contributed by atoms with Crippen LogP contribution < -0.4 is 5.32 Å². The van der Waals surface area contributed by atoms with E-state index >= 15 is 0 Å². The fourth-order valence-corrected chi connectivity index (χ4v) is 2.15. The number of amides is 1. The zero-order valence-electron chi connectivity index (χ0n) is 12.4. The van der Waals surface area contributed by atoms with Gasteiger partial charge in [-0.15, -0.1) is 0 Å². The maximum atomic E-state index is 12.4. The van der Waals surface area contributed by atoms with Crippen LogP contribution in [-0.4, -0.2) is 10.9 Å². The number of anilines is 1. The van der Waals surface area contributed by atoms with Gasteiger partial charge in [0.15, 0.2) is 17.8 Å². The average molecular weight is 296 g/mol. The van der Waals surface area contributed by atoms with Crippen LogP contribution in [0.4, 0.5) is 5.69 Å². The second-order valence-corrected chi connectivity index (χ2v) is 4.94. The monoisotopic (exact) mass is 296 g/mol. The van der Waals surface area contributed by atoms with E-state index in [0.29, 0.717) is 17.2 Å². The van der Waals surface area contributed by atoms with Gasteiger partial charge in [-0.05, 0) is 43.2 Å². The van der Waals surface area contributed by atoms with E-state index in [9.17, 15) is 4.79 Å². The molecule has 0 fully saturated rings. The van der Waals surface area contributed by atoms with Crippen molar-refractivity contribution in [2.75, 3.05) is 5.32 Å². The number of benzene rings is 1. The Morgan fingerprint density at radius 1 is 1.18 bits per heavy atom. The van der Waals surface area contributed by atoms with Crippen LogP contribution in [0.2, 0.25) is 0 Å². The number of carbonyl (C=O) groups excluding carboxylic acids is 1. The van der Waals surface area contributed by atoms with Crippen molar-refractivity contribution in [2.45, 2.75) is 20.3 Å². The summed E-state index contributed by atoms with van der Waals surface area (Å²) in [6.45, 7) is 3.91. The molecule has 0 spiro atoms. The van der Waals surface area contributed by atoms with Crippen LogP contribution in [0.3, 0.4) is 0 Å². The van der Waals surface area contributed by atoms with Gasteiger partial charge in [-0.2, -0.15) is 0 Å². The summed E-state index contributed by atoms with van der Waals surface area (Å²) in [5.41, 5.74) is 2.13. The maximum absolute atomic E-state index is 12.4. The highest BCUT2D eigenvalue weighted by Gasteiger charge is 2.20. The van der Waals surface area contributed by atoms with Gasteiger partial charge >= 0.3 is 0 Å². The summed E-state index contributed by atoms with van der Waals surface area (Å²) in [6, 6.07) is 11.3. The second kappa shape index (κ2) is 5.89. The molecular weight excluding hydrogens is 280 g/mol. The molecule has 5 heteroatoms. The Morgan fingerprint density at radius 3 is 2.59 bits per heavy atom. The molecule has 1 amide bonds. The summed E-state index contributed by atoms with van der Waals surface area (Å²) >= 11 is 0. The summed E-state index contributed by atoms with van der Waals surface area (Å²) in [4.78, 5) is 16.3. The van der Waals surface area contributed by atoms with Gasteiger partial charge in [0.25, 0.3) is 5.91 Å². The van der Waals surface area contributed by atoms with Crippen molar-refractivity contribution in [3.63, 3.8) is 0 Å². The van der Waals surface area contributed by atoms with Crippen LogP contribution in [0.5, 0.6) is 0 Å². The van der Waals surface area contributed by atoms with Crippen molar-refractivity contribution in [3.8, 4) is 11.5 Å². The van der Waals surface area contributed by atoms with E-state index in [2.05, 4.69) is 17.2 Å². The predicted molar refractivity (Wildman–Crippen MR) is 82.7 cm³/mol. The Hall–Kier alpha value is -2.82. The molecule has 0 unspecified atom stereocenters. The lowest BCUT2D eigenvalue weighted by atomic mass is 10.1. The summed E-state index contributed by atoms with van der Waals surface area (Å²) in [7, 11) is 0. The van der Waals surface area contributed by atoms with E-state index in [-0.39, 0.29) is 11.6 Å². The molecule has 0 atom stereocenters. The van der Waals surface area contributed by atoms with Crippen LogP contribution in [-0.2, 0) is 6.42 Å². The minimum Gasteiger partial charge on any atom is -0.458 e. The molecule has 0 saturated carbocycles. The number of carbonyl (C=O) groups is 1. The molecule has 0 aliphatic rings. The third-order valence-corrected chi connectivity index (χ3v) is 3.37. The van der Waals surface area contributed by atoms with Crippen molar-refractivity contribution in [2.24, 2.45) is 0 Å². The number of hydrogen-bond donors (Lipinski definition) is 1. The molecule has 1 N–H and O–H groups in total. The first kappa shape index (κ1) is 14.1. The van der Waals surface area contributed by atoms with Gasteiger partial charge in [-0.1, -0.05) is 19.1 Å². The number of oxazole rings is 1. The highest BCUT2D eigenvalue weighted by Crippen LogP contribution is 2.25. The van der Waals surface area contributed by atoms with Crippen molar-refractivity contribution in [3.05, 3.63) is 59.8 Å². The molecule has 112 valence electrons. The van der Waals surface area contributed by atoms with E-state index < -0.39 is 0 Å². The van der Waals surface area contributed by atoms with E-state index in [0.717, 1.165) is 12.2 Å². The molecular formula is C17H16N2O3. The van der Waals surface area contributed by atoms with Gasteiger partial charge < -0.3 is 14.2 Å². The number of furan rings is 1. The van der Waals surface area contributed by atoms with Gasteiger partial charge in [-0.25, -0.2) is 4.98 Å². The summed E-state index contributed by atoms with van der Waals surface area (Å²) in [5.74, 6) is 1.23. The highest BCUT2D eigenvalue weighted by molar-refractivity contribution is 6.06. The number of aryl methyl sites for hydroxylation is 2. The fourth-order valence-electron chi connectivity index (χ4n) is 2.15. The number of aromatic nitrogens is 1. The third-order valence-electron chi connectivity index (χ3n) is 3.37. The standard InChI is InChI=1S/C17H16N2O3/c1-3-12-5-7-13(8-6-12)19-17(20)15-16(21-10-18-15)14-9-4-11(2)22-14/h4-10H,3H2,1-2H3,(H,19,20). The predicted octanol–water partition coefficient (Wildman–Crippen LogP) is 4.06. The van der Waals surface area contributed by atoms with E-state index in [1.165, 1.54) is 12.0 Å². The Labute approximate surface area is 128 Å². The van der Waals surface area contributed by atoms with Gasteiger partial charge in [0.05, 0.1) is 0 Å². The summed E-state index contributed by atoms with van der Waals surface area (Å²) in [6.07, 6.45) is 2.20. The lowest BCUT2D eigenvalue weighted by Gasteiger charge is -2.05. The number of nitrogens with zero attached hydrogens (tertiary/aromatic N) is 1. The fraction of sp³-hybridized carbons (Fsp3) is 0.176. The normalized spacial score (nSPS) is 10.6. The van der Waals surface area contributed by atoms with Crippen LogP contribution in [0.1, 0.15) is 28.7 Å². The Bertz CT molecular complexity index is 784. The highest BCUT2D eigenvalue weighted by atomic mass is 16.4. The molecule has 0 radical (unpaired) electrons. The van der Waals surface area contributed by atoms with Crippen LogP contribution in [0.25, 0.3) is 11.5 Å². The number of rotatable bonds is 4. The van der Waals surface area contributed by atoms with Crippen molar-refractivity contribution >= 4 is 11.6 Å². The molecule has 22 heavy (non-hydrogen) atoms. The molecule has 0 saturated heterocycles. The maximum Gasteiger partial charge on any atom is 0.278 e. The minimum atomic E-state index is -0.331. The van der Waals surface area contributed by atoms with Gasteiger partial charge in [0.1, 0.15) is 5.76 Å². The SMILES string of the molecule is CCc1ccc(NC(=O)c2ncoc2-c2ccc(C)o2)cc1. The molecule has 3 rings (SSSR count). The Morgan fingerprint density at radius 2 is 1.95 bits per heavy atom. The van der Waals surface area contributed by atoms with Crippen LogP contribution in [0, 0.1) is 6.92 Å². The Kier molecular flexibility index (Phi) is 3.78. The first-order valence-corrected chi connectivity index (χ1v) is 7.08. The summed E-state index contributed by atoms with van der Waals surface area (Å²) < 4.78 is 10.8. The Balaban J connectivity index is 1.82. The second-order valence-electron chi connectivity index (χ2n) is 4.94. The lowest BCUT2D eigenvalue weighted by Crippen LogP contribution is -2.13. The van der Waals surface area contributed by atoms with Crippen LogP contribution >= 0.6 is 0 Å². The van der Waals surface area contributed by atoms with E-state index in [1.54, 1.807) is 6.07 Å². The number of hydrogen-bond acceptors (Lipinski definition) is 4. The minimum absolute atomic E-state index is 0.203. The molecule has 2 aromatic heterocycles. The molecule has 0 aliphatic heterocycles. The molecule has 0 aliphatic carbocycles. The number of nitrogens with one attached hydrogen (secondary N) is 1. The molecule has 2 heterocycles. The topological polar surface area (TPSA) is 68.3 Å². The molecule has 1 aromatic carbocycles. The first-order valence-electron chi connectivity index (χ1n) is 7.08. The quantitative estimate of drug-likeness (QED) is 0.788. The first-order chi connectivity index (χ1) is 10.7. The van der Waals surface area contributed by atoms with E-state index in [1.807, 2.05) is 37.3 Å². The molecule has 5 nitrogen and oxygen atoms in total. The van der Waals surface area contributed by atoms with Crippen molar-refractivity contribution < 1.29 is 13.6 Å². The molecule has 3 aromatic rings. The largest absolute Gasteiger partial charge is 0.458 e. The van der Waals surface area contributed by atoms with E-state index in [4.69, 9.17) is 8.83 Å². The van der Waals surface area contributed by atoms with Crippen LogP contribution in [0.15, 0.2) is 51.6 Å². The smallest absolute Gasteiger partial charge is 0.278 e. The zero-order chi connectivity index (χ0) is 15.5. The average Bonchev–Trinajstić information content (AvgIpc) is 3.16. The third kappa shape index (κ3) is 2.79. The lowest BCUT2D eigenvalue weighted by molar-refractivity contribution is 0.102.